The lowest BCUT2D eigenvalue weighted by molar-refractivity contribution is -0.687. The lowest BCUT2D eigenvalue weighted by Crippen LogP contribution is -3.00. The average molecular weight is 825 g/mol. The van der Waals surface area contributed by atoms with Gasteiger partial charge in [0.2, 0.25) is 11.7 Å². The molecule has 296 valence electrons. The first-order chi connectivity index (χ1) is 26.2. The van der Waals surface area contributed by atoms with Crippen LogP contribution in [-0.4, -0.2) is 70.0 Å². The number of hydrogen-bond donors (Lipinski definition) is 1. The van der Waals surface area contributed by atoms with Gasteiger partial charge in [-0.1, -0.05) is 91.7 Å². The Morgan fingerprint density at radius 3 is 2.20 bits per heavy atom. The number of benzene rings is 2. The Kier molecular flexibility index (Phi) is 15.3. The van der Waals surface area contributed by atoms with Crippen LogP contribution >= 0.6 is 0 Å². The minimum Gasteiger partial charge on any atom is -1.00 e. The SMILES string of the molecule is CC(C)=CCC/C(C)=C/C[n+]1ccc(C(=O)N2C=C(c3ccccc3)N(CC(=O)N[C@@H](Cc3ccccc3)C(=O)C3=NC(C)(C)CO3)C(=O)[C@H]2C(C)C)cc1.[Br-]. The summed E-state index contributed by atoms with van der Waals surface area (Å²) in [4.78, 5) is 63.8. The highest BCUT2D eigenvalue weighted by atomic mass is 79.9. The zero-order valence-electron chi connectivity index (χ0n) is 33.5. The number of pyridine rings is 1. The van der Waals surface area contributed by atoms with Crippen LogP contribution in [0.15, 0.2) is 120 Å². The van der Waals surface area contributed by atoms with Crippen molar-refractivity contribution < 1.29 is 45.5 Å². The topological polar surface area (TPSA) is 112 Å². The van der Waals surface area contributed by atoms with Gasteiger partial charge in [0.25, 0.3) is 17.7 Å². The molecule has 0 bridgehead atoms. The predicted octanol–water partition coefficient (Wildman–Crippen LogP) is 3.48. The molecule has 3 amide bonds. The number of nitrogens with one attached hydrogen (secondary N) is 1. The molecule has 0 unspecified atom stereocenters. The van der Waals surface area contributed by atoms with E-state index < -0.39 is 35.2 Å². The molecule has 1 N–H and O–H groups in total. The molecule has 0 fully saturated rings. The first-order valence-corrected chi connectivity index (χ1v) is 19.0. The van der Waals surface area contributed by atoms with E-state index in [0.29, 0.717) is 23.4 Å². The van der Waals surface area contributed by atoms with E-state index in [1.165, 1.54) is 20.9 Å². The van der Waals surface area contributed by atoms with E-state index in [1.54, 1.807) is 18.3 Å². The van der Waals surface area contributed by atoms with Crippen LogP contribution in [-0.2, 0) is 32.1 Å². The van der Waals surface area contributed by atoms with Crippen molar-refractivity contribution in [2.75, 3.05) is 13.2 Å². The number of aromatic nitrogens is 1. The number of halogens is 1. The van der Waals surface area contributed by atoms with Gasteiger partial charge in [-0.15, -0.1) is 0 Å². The number of hydrogen-bond acceptors (Lipinski definition) is 6. The van der Waals surface area contributed by atoms with Crippen molar-refractivity contribution >= 4 is 35.1 Å². The molecule has 2 aromatic carbocycles. The fourth-order valence-electron chi connectivity index (χ4n) is 6.60. The lowest BCUT2D eigenvalue weighted by Gasteiger charge is -2.41. The van der Waals surface area contributed by atoms with Crippen LogP contribution in [0, 0.1) is 5.92 Å². The number of aliphatic imine (C=N–C) groups is 1. The predicted molar refractivity (Wildman–Crippen MR) is 215 cm³/mol. The van der Waals surface area contributed by atoms with Gasteiger partial charge in [-0.05, 0) is 70.6 Å². The van der Waals surface area contributed by atoms with E-state index in [1.807, 2.05) is 105 Å². The Hall–Kier alpha value is -5.16. The largest absolute Gasteiger partial charge is 1.00 e. The Morgan fingerprint density at radius 2 is 1.61 bits per heavy atom. The molecule has 10 nitrogen and oxygen atoms in total. The van der Waals surface area contributed by atoms with E-state index in [0.717, 1.165) is 18.4 Å². The van der Waals surface area contributed by atoms with Gasteiger partial charge in [0.15, 0.2) is 18.9 Å². The van der Waals surface area contributed by atoms with Gasteiger partial charge >= 0.3 is 0 Å². The summed E-state index contributed by atoms with van der Waals surface area (Å²) in [5.41, 5.74) is 4.41. The number of ether oxygens (including phenoxy) is 1. The quantitative estimate of drug-likeness (QED) is 0.187. The zero-order chi connectivity index (χ0) is 39.7. The number of carbonyl (C=O) groups excluding carboxylic acids is 4. The Balaban J connectivity index is 0.00000696. The standard InChI is InChI=1S/C45H53N5O5.BrH/c1-31(2)15-14-16-33(5)21-24-48-25-22-36(23-26-48)43(53)50-28-38(35-19-12-9-13-20-35)49(44(54)40(50)32(3)4)29-39(51)46-37(27-34-17-10-8-11-18-34)41(52)42-47-45(6,7)30-55-42;/h8-13,15,17-23,25-26,28,32,37,40H,14,16,24,27,29-30H2,1-7H3;1H/b33-21+;/t37-,40+;/m0./s1. The van der Waals surface area contributed by atoms with Crippen LogP contribution < -0.4 is 26.9 Å². The number of rotatable bonds is 15. The molecule has 11 heteroatoms. The summed E-state index contributed by atoms with van der Waals surface area (Å²) in [5, 5.41) is 2.89. The van der Waals surface area contributed by atoms with E-state index in [2.05, 4.69) is 43.2 Å². The van der Waals surface area contributed by atoms with Gasteiger partial charge in [-0.3, -0.25) is 24.1 Å². The zero-order valence-corrected chi connectivity index (χ0v) is 35.1. The summed E-state index contributed by atoms with van der Waals surface area (Å²) in [6.45, 7) is 14.4. The van der Waals surface area contributed by atoms with Crippen LogP contribution in [0.4, 0.5) is 0 Å². The van der Waals surface area contributed by atoms with Crippen molar-refractivity contribution in [3.05, 3.63) is 131 Å². The highest BCUT2D eigenvalue weighted by Crippen LogP contribution is 2.31. The third-order valence-electron chi connectivity index (χ3n) is 9.60. The lowest BCUT2D eigenvalue weighted by atomic mass is 9.96. The monoisotopic (exact) mass is 823 g/mol. The van der Waals surface area contributed by atoms with Crippen molar-refractivity contribution in [3.8, 4) is 0 Å². The molecular weight excluding hydrogens is 770 g/mol. The summed E-state index contributed by atoms with van der Waals surface area (Å²) >= 11 is 0. The molecule has 2 aliphatic rings. The molecule has 3 aromatic rings. The molecule has 5 rings (SSSR count). The average Bonchev–Trinajstić information content (AvgIpc) is 3.53. The second-order valence-electron chi connectivity index (χ2n) is 15.6. The van der Waals surface area contributed by atoms with Crippen molar-refractivity contribution in [1.82, 2.24) is 15.1 Å². The first kappa shape index (κ1) is 43.6. The summed E-state index contributed by atoms with van der Waals surface area (Å²) in [5.74, 6) is -1.98. The van der Waals surface area contributed by atoms with E-state index in [-0.39, 0.29) is 54.3 Å². The highest BCUT2D eigenvalue weighted by molar-refractivity contribution is 6.39. The Morgan fingerprint density at radius 1 is 0.964 bits per heavy atom. The van der Waals surface area contributed by atoms with Crippen LogP contribution in [0.2, 0.25) is 0 Å². The third-order valence-corrected chi connectivity index (χ3v) is 9.60. The summed E-state index contributed by atoms with van der Waals surface area (Å²) < 4.78 is 7.67. The highest BCUT2D eigenvalue weighted by Gasteiger charge is 2.42. The Bertz CT molecular complexity index is 1980. The molecule has 3 heterocycles. The maximum Gasteiger partial charge on any atom is 0.259 e. The minimum absolute atomic E-state index is 0. The fraction of sp³-hybridized carbons (Fsp3) is 0.378. The van der Waals surface area contributed by atoms with Gasteiger partial charge in [-0.2, -0.15) is 0 Å². The number of amides is 3. The van der Waals surface area contributed by atoms with Crippen LogP contribution in [0.25, 0.3) is 5.70 Å². The van der Waals surface area contributed by atoms with Crippen LogP contribution in [0.1, 0.15) is 82.8 Å². The third kappa shape index (κ3) is 11.4. The fourth-order valence-corrected chi connectivity index (χ4v) is 6.60. The van der Waals surface area contributed by atoms with E-state index >= 15 is 0 Å². The van der Waals surface area contributed by atoms with Crippen molar-refractivity contribution in [1.29, 1.82) is 0 Å². The number of carbonyl (C=O) groups is 4. The molecule has 2 atom stereocenters. The van der Waals surface area contributed by atoms with Gasteiger partial charge in [0.1, 0.15) is 25.2 Å². The second-order valence-corrected chi connectivity index (χ2v) is 15.6. The molecule has 0 saturated heterocycles. The van der Waals surface area contributed by atoms with E-state index in [9.17, 15) is 19.2 Å². The number of nitrogens with zero attached hydrogens (tertiary/aromatic N) is 4. The minimum atomic E-state index is -0.978. The van der Waals surface area contributed by atoms with Crippen molar-refractivity contribution in [3.63, 3.8) is 0 Å². The van der Waals surface area contributed by atoms with Crippen molar-refractivity contribution in [2.24, 2.45) is 10.9 Å². The first-order valence-electron chi connectivity index (χ1n) is 19.0. The number of allylic oxidation sites excluding steroid dienone is 4. The molecule has 0 saturated carbocycles. The number of ketones is 1. The summed E-state index contributed by atoms with van der Waals surface area (Å²) in [6.07, 6.45) is 12.1. The summed E-state index contributed by atoms with van der Waals surface area (Å²) in [6, 6.07) is 20.3. The van der Waals surface area contributed by atoms with Crippen LogP contribution in [0.5, 0.6) is 0 Å². The van der Waals surface area contributed by atoms with Gasteiger partial charge in [0, 0.05) is 24.8 Å². The summed E-state index contributed by atoms with van der Waals surface area (Å²) in [7, 11) is 0. The molecular formula is C45H54BrN5O5. The smallest absolute Gasteiger partial charge is 0.259 e. The molecule has 1 aromatic heterocycles. The molecule has 2 aliphatic heterocycles. The Labute approximate surface area is 341 Å². The maximum atomic E-state index is 14.5. The molecule has 56 heavy (non-hydrogen) atoms. The van der Waals surface area contributed by atoms with Gasteiger partial charge in [-0.25, -0.2) is 9.56 Å². The molecule has 0 spiro atoms. The van der Waals surface area contributed by atoms with Crippen molar-refractivity contribution in [2.45, 2.75) is 91.9 Å². The van der Waals surface area contributed by atoms with E-state index in [4.69, 9.17) is 4.74 Å². The second kappa shape index (κ2) is 19.6. The normalized spacial score (nSPS) is 17.0. The van der Waals surface area contributed by atoms with Gasteiger partial charge in [0.05, 0.1) is 16.8 Å². The maximum absolute atomic E-state index is 14.5. The molecule has 0 aliphatic carbocycles. The number of Topliss-reactive ketones (excluding diaryl/α,β-unsaturated/α-hetero) is 1. The van der Waals surface area contributed by atoms with Crippen LogP contribution in [0.3, 0.4) is 0 Å². The molecule has 0 radical (unpaired) electrons. The van der Waals surface area contributed by atoms with Gasteiger partial charge < -0.3 is 31.9 Å².